The predicted molar refractivity (Wildman–Crippen MR) is 372 cm³/mol. The van der Waals surface area contributed by atoms with Crippen molar-refractivity contribution in [2.45, 2.75) is 388 Å². The van der Waals surface area contributed by atoms with Gasteiger partial charge in [0, 0.05) is 25.7 Å². The molecule has 0 saturated carbocycles. The molecule has 19 heteroatoms. The van der Waals surface area contributed by atoms with Crippen LogP contribution in [0.1, 0.15) is 370 Å². The average molecular weight is 1350 g/mol. The van der Waals surface area contributed by atoms with Gasteiger partial charge in [0.2, 0.25) is 0 Å². The van der Waals surface area contributed by atoms with Crippen LogP contribution in [0.15, 0.2) is 0 Å². The van der Waals surface area contributed by atoms with Gasteiger partial charge in [-0.15, -0.1) is 0 Å². The Labute approximate surface area is 562 Å². The Balaban J connectivity index is 5.14. The van der Waals surface area contributed by atoms with Gasteiger partial charge in [-0.3, -0.25) is 37.3 Å². The molecule has 6 atom stereocenters. The lowest BCUT2D eigenvalue weighted by Gasteiger charge is -2.21. The molecule has 0 aliphatic rings. The molecule has 0 saturated heterocycles. The van der Waals surface area contributed by atoms with E-state index in [2.05, 4.69) is 48.5 Å². The maximum Gasteiger partial charge on any atom is 0.472 e. The Kier molecular flexibility index (Phi) is 62.4. The van der Waals surface area contributed by atoms with E-state index in [4.69, 9.17) is 37.0 Å². The van der Waals surface area contributed by atoms with E-state index in [0.717, 1.165) is 102 Å². The van der Waals surface area contributed by atoms with Crippen LogP contribution in [-0.2, 0) is 65.4 Å². The van der Waals surface area contributed by atoms with Gasteiger partial charge in [0.1, 0.15) is 19.3 Å². The number of phosphoric acid groups is 2. The topological polar surface area (TPSA) is 237 Å². The van der Waals surface area contributed by atoms with Crippen LogP contribution >= 0.6 is 15.6 Å². The maximum absolute atomic E-state index is 13.0. The summed E-state index contributed by atoms with van der Waals surface area (Å²) in [4.78, 5) is 72.5. The first-order chi connectivity index (χ1) is 44.3. The Morgan fingerprint density at radius 3 is 0.826 bits per heavy atom. The minimum Gasteiger partial charge on any atom is -0.462 e. The zero-order chi connectivity index (χ0) is 68.0. The summed E-state index contributed by atoms with van der Waals surface area (Å²) >= 11 is 0. The average Bonchev–Trinajstić information content (AvgIpc) is 1.62. The van der Waals surface area contributed by atoms with Crippen LogP contribution in [0.2, 0.25) is 0 Å². The van der Waals surface area contributed by atoms with Gasteiger partial charge in [-0.05, 0) is 43.4 Å². The predicted octanol–water partition coefficient (Wildman–Crippen LogP) is 21.0. The summed E-state index contributed by atoms with van der Waals surface area (Å²) < 4.78 is 68.3. The molecule has 3 N–H and O–H groups in total. The summed E-state index contributed by atoms with van der Waals surface area (Å²) in [7, 11) is -9.90. The van der Waals surface area contributed by atoms with Gasteiger partial charge < -0.3 is 33.8 Å². The summed E-state index contributed by atoms with van der Waals surface area (Å²) in [6, 6.07) is 0. The SMILES string of the molecule is CCCCCCCCCCCCCCC(=O)OC[C@H](COP(=O)(O)OC[C@@H](O)COP(=O)(O)OC[C@@H](COC(=O)CCCCCCCCC(C)C)OC(=O)CCCCCCCCC(C)C)OC(=O)CCCCCCCCCCCCCCCCCCCCC(C)CC. The molecule has 0 aromatic carbocycles. The Hall–Kier alpha value is -1.94. The van der Waals surface area contributed by atoms with Gasteiger partial charge in [0.15, 0.2) is 12.2 Å². The van der Waals surface area contributed by atoms with Crippen LogP contribution in [0.25, 0.3) is 0 Å². The van der Waals surface area contributed by atoms with Crippen molar-refractivity contribution in [2.24, 2.45) is 17.8 Å². The number of carbonyl (C=O) groups is 4. The number of aliphatic hydroxyl groups is 1. The van der Waals surface area contributed by atoms with Gasteiger partial charge in [0.05, 0.1) is 26.4 Å². The van der Waals surface area contributed by atoms with Crippen LogP contribution in [0.5, 0.6) is 0 Å². The molecule has 0 rings (SSSR count). The van der Waals surface area contributed by atoms with Gasteiger partial charge in [0.25, 0.3) is 0 Å². The second-order valence-corrected chi connectivity index (χ2v) is 30.4. The summed E-state index contributed by atoms with van der Waals surface area (Å²) in [5, 5.41) is 10.6. The van der Waals surface area contributed by atoms with Crippen LogP contribution in [0.3, 0.4) is 0 Å². The highest BCUT2D eigenvalue weighted by molar-refractivity contribution is 7.47. The van der Waals surface area contributed by atoms with Gasteiger partial charge in [-0.25, -0.2) is 9.13 Å². The maximum atomic E-state index is 13.0. The molecular formula is C73H142O17P2. The molecular weight excluding hydrogens is 1210 g/mol. The van der Waals surface area contributed by atoms with E-state index in [1.165, 1.54) is 173 Å². The lowest BCUT2D eigenvalue weighted by molar-refractivity contribution is -0.161. The molecule has 0 aliphatic heterocycles. The second kappa shape index (κ2) is 63.8. The third-order valence-electron chi connectivity index (χ3n) is 17.2. The first kappa shape index (κ1) is 90.1. The molecule has 0 bridgehead atoms. The van der Waals surface area contributed by atoms with E-state index < -0.39 is 97.5 Å². The number of aliphatic hydroxyl groups excluding tert-OH is 1. The zero-order valence-electron chi connectivity index (χ0n) is 60.0. The van der Waals surface area contributed by atoms with E-state index in [-0.39, 0.29) is 25.7 Å². The van der Waals surface area contributed by atoms with Crippen molar-refractivity contribution in [1.29, 1.82) is 0 Å². The zero-order valence-corrected chi connectivity index (χ0v) is 61.8. The quantitative estimate of drug-likeness (QED) is 0.0222. The van der Waals surface area contributed by atoms with Gasteiger partial charge >= 0.3 is 39.5 Å². The number of phosphoric ester groups is 2. The van der Waals surface area contributed by atoms with Crippen LogP contribution in [0, 0.1) is 17.8 Å². The fraction of sp³-hybridized carbons (Fsp3) is 0.945. The molecule has 0 spiro atoms. The normalized spacial score (nSPS) is 14.4. The van der Waals surface area contributed by atoms with Crippen LogP contribution in [-0.4, -0.2) is 96.7 Å². The number of hydrogen-bond acceptors (Lipinski definition) is 15. The summed E-state index contributed by atoms with van der Waals surface area (Å²) in [6.07, 6.45) is 49.0. The van der Waals surface area contributed by atoms with E-state index in [1.54, 1.807) is 0 Å². The first-order valence-corrected chi connectivity index (χ1v) is 40.9. The third kappa shape index (κ3) is 65.4. The van der Waals surface area contributed by atoms with Crippen LogP contribution < -0.4 is 0 Å². The number of unbranched alkanes of at least 4 members (excludes halogenated alkanes) is 38. The smallest absolute Gasteiger partial charge is 0.462 e. The number of esters is 4. The van der Waals surface area contributed by atoms with Gasteiger partial charge in [-0.1, -0.05) is 318 Å². The molecule has 0 radical (unpaired) electrons. The van der Waals surface area contributed by atoms with Gasteiger partial charge in [-0.2, -0.15) is 0 Å². The van der Waals surface area contributed by atoms with E-state index in [1.807, 2.05) is 0 Å². The monoisotopic (exact) mass is 1350 g/mol. The molecule has 0 heterocycles. The molecule has 17 nitrogen and oxygen atoms in total. The Morgan fingerprint density at radius 1 is 0.315 bits per heavy atom. The van der Waals surface area contributed by atoms with Crippen molar-refractivity contribution in [1.82, 2.24) is 0 Å². The van der Waals surface area contributed by atoms with Crippen LogP contribution in [0.4, 0.5) is 0 Å². The minimum absolute atomic E-state index is 0.101. The fourth-order valence-corrected chi connectivity index (χ4v) is 12.6. The lowest BCUT2D eigenvalue weighted by Crippen LogP contribution is -2.30. The lowest BCUT2D eigenvalue weighted by atomic mass is 9.99. The molecule has 0 aromatic heterocycles. The van der Waals surface area contributed by atoms with Crippen molar-refractivity contribution >= 4 is 39.5 Å². The third-order valence-corrected chi connectivity index (χ3v) is 19.1. The highest BCUT2D eigenvalue weighted by Gasteiger charge is 2.30. The highest BCUT2D eigenvalue weighted by atomic mass is 31.2. The van der Waals surface area contributed by atoms with E-state index in [9.17, 15) is 43.2 Å². The summed E-state index contributed by atoms with van der Waals surface area (Å²) in [6.45, 7) is 11.8. The second-order valence-electron chi connectivity index (χ2n) is 27.5. The number of carbonyl (C=O) groups excluding carboxylic acids is 4. The molecule has 92 heavy (non-hydrogen) atoms. The molecule has 0 aliphatic carbocycles. The summed E-state index contributed by atoms with van der Waals surface area (Å²) in [5.74, 6) is 0.0906. The van der Waals surface area contributed by atoms with E-state index in [0.29, 0.717) is 37.5 Å². The van der Waals surface area contributed by atoms with Crippen molar-refractivity contribution in [3.05, 3.63) is 0 Å². The van der Waals surface area contributed by atoms with Crippen molar-refractivity contribution < 1.29 is 80.2 Å². The molecule has 0 fully saturated rings. The van der Waals surface area contributed by atoms with Crippen molar-refractivity contribution in [3.63, 3.8) is 0 Å². The van der Waals surface area contributed by atoms with E-state index >= 15 is 0 Å². The molecule has 0 amide bonds. The Bertz CT molecular complexity index is 1800. The largest absolute Gasteiger partial charge is 0.472 e. The van der Waals surface area contributed by atoms with Crippen molar-refractivity contribution in [2.75, 3.05) is 39.6 Å². The molecule has 546 valence electrons. The minimum atomic E-state index is -4.95. The Morgan fingerprint density at radius 2 is 0.554 bits per heavy atom. The number of hydrogen-bond donors (Lipinski definition) is 3. The fourth-order valence-electron chi connectivity index (χ4n) is 11.0. The first-order valence-electron chi connectivity index (χ1n) is 37.9. The number of ether oxygens (including phenoxy) is 4. The highest BCUT2D eigenvalue weighted by Crippen LogP contribution is 2.45. The number of rotatable bonds is 71. The molecule has 0 aromatic rings. The van der Waals surface area contributed by atoms with Crippen molar-refractivity contribution in [3.8, 4) is 0 Å². The summed E-state index contributed by atoms with van der Waals surface area (Å²) in [5.41, 5.74) is 0. The molecule has 3 unspecified atom stereocenters. The standard InChI is InChI=1S/C73H142O17P2/c1-8-10-11-12-13-14-15-25-28-31-40-47-54-70(75)83-60-68(89-72(77)56-49-42-32-29-26-23-21-19-17-16-18-20-22-24-27-30-39-46-53-66(7)9-2)62-87-91(79,80)85-58-67(74)59-86-92(81,82)88-63-69(90-73(78)57-50-43-36-34-38-45-52-65(5)6)61-84-71(76)55-48-41-35-33-37-44-51-64(3)4/h64-69,74H,8-63H2,1-7H3,(H,79,80)(H,81,82)/t66?,67-,68-,69-/m1/s1.